The molecule has 0 aromatic heterocycles. The summed E-state index contributed by atoms with van der Waals surface area (Å²) in [4.78, 5) is 15.9. The Hall–Kier alpha value is -1.55. The van der Waals surface area contributed by atoms with Gasteiger partial charge in [-0.2, -0.15) is 0 Å². The summed E-state index contributed by atoms with van der Waals surface area (Å²) < 4.78 is 5.00. The van der Waals surface area contributed by atoms with E-state index in [1.54, 1.807) is 12.4 Å². The smallest absolute Gasteiger partial charge is 0.308 e. The molecule has 0 bridgehead atoms. The fraction of sp³-hybridized carbons (Fsp3) is 0.0909. The van der Waals surface area contributed by atoms with Gasteiger partial charge in [-0.3, -0.25) is 9.79 Å². The number of rotatable bonds is 1. The van der Waals surface area contributed by atoms with E-state index in [4.69, 9.17) is 4.74 Å². The first-order valence-electron chi connectivity index (χ1n) is 4.44. The van der Waals surface area contributed by atoms with Gasteiger partial charge in [0.15, 0.2) is 5.09 Å². The van der Waals surface area contributed by atoms with E-state index in [0.29, 0.717) is 5.09 Å². The summed E-state index contributed by atoms with van der Waals surface area (Å²) >= 11 is 1.40. The lowest BCUT2D eigenvalue weighted by atomic mass is 10.2. The number of esters is 1. The van der Waals surface area contributed by atoms with Crippen molar-refractivity contribution >= 4 is 23.9 Å². The summed E-state index contributed by atoms with van der Waals surface area (Å²) in [5.41, 5.74) is 1.03. The molecule has 0 radical (unpaired) electrons. The van der Waals surface area contributed by atoms with Crippen molar-refractivity contribution in [1.82, 2.24) is 0 Å². The first kappa shape index (κ1) is 9.98. The van der Waals surface area contributed by atoms with Gasteiger partial charge in [0, 0.05) is 23.6 Å². The second-order valence-electron chi connectivity index (χ2n) is 2.96. The second-order valence-corrected chi connectivity index (χ2v) is 4.01. The van der Waals surface area contributed by atoms with Gasteiger partial charge in [0.05, 0.1) is 6.20 Å². The Morgan fingerprint density at radius 1 is 1.40 bits per heavy atom. The van der Waals surface area contributed by atoms with Crippen molar-refractivity contribution in [3.05, 3.63) is 41.1 Å². The number of benzene rings is 1. The Balaban J connectivity index is 2.27. The predicted molar refractivity (Wildman–Crippen MR) is 59.7 cm³/mol. The van der Waals surface area contributed by atoms with Crippen molar-refractivity contribution in [2.24, 2.45) is 4.99 Å². The van der Waals surface area contributed by atoms with Crippen LogP contribution in [0.15, 0.2) is 45.4 Å². The zero-order valence-corrected chi connectivity index (χ0v) is 8.95. The number of aliphatic imine (C=N–C) groups is 1. The van der Waals surface area contributed by atoms with Crippen molar-refractivity contribution in [2.45, 2.75) is 11.8 Å². The number of carbonyl (C=O) groups is 1. The molecular weight excluding hydrogens is 210 g/mol. The largest absolute Gasteiger partial charge is 0.418 e. The minimum absolute atomic E-state index is 0.330. The van der Waals surface area contributed by atoms with Gasteiger partial charge in [0.2, 0.25) is 0 Å². The molecule has 1 heterocycles. The summed E-state index contributed by atoms with van der Waals surface area (Å²) in [6.07, 6.45) is 3.30. The number of fused-ring (bicyclic) bond motifs is 1. The maximum Gasteiger partial charge on any atom is 0.308 e. The highest BCUT2D eigenvalue weighted by molar-refractivity contribution is 8.03. The molecule has 1 aromatic rings. The van der Waals surface area contributed by atoms with Crippen LogP contribution in [-0.2, 0) is 9.53 Å². The van der Waals surface area contributed by atoms with Gasteiger partial charge < -0.3 is 4.74 Å². The van der Waals surface area contributed by atoms with Crippen LogP contribution in [0.5, 0.6) is 0 Å². The van der Waals surface area contributed by atoms with Crippen LogP contribution in [-0.4, -0.2) is 12.2 Å². The maximum atomic E-state index is 10.8. The van der Waals surface area contributed by atoms with Crippen molar-refractivity contribution in [3.63, 3.8) is 0 Å². The van der Waals surface area contributed by atoms with Crippen LogP contribution in [0.2, 0.25) is 0 Å². The number of nitrogens with zero attached hydrogens (tertiary/aromatic N) is 1. The van der Waals surface area contributed by atoms with Crippen molar-refractivity contribution in [3.8, 4) is 0 Å². The minimum atomic E-state index is -0.330. The molecule has 3 nitrogen and oxygen atoms in total. The molecule has 0 spiro atoms. The fourth-order valence-corrected chi connectivity index (χ4v) is 2.06. The molecule has 0 saturated heterocycles. The highest BCUT2D eigenvalue weighted by atomic mass is 32.2. The quantitative estimate of drug-likeness (QED) is 0.681. The molecule has 76 valence electrons. The third-order valence-corrected chi connectivity index (χ3v) is 2.75. The standard InChI is InChI=1S/C11H9NO2S/c1-8(13)14-11-7-12-6-9-4-2-3-5-10(9)15-11/h2-7H,1H3. The molecule has 0 amide bonds. The Morgan fingerprint density at radius 3 is 3.00 bits per heavy atom. The SMILES string of the molecule is CC(=O)OC1=CN=Cc2ccccc2S1. The monoisotopic (exact) mass is 219 g/mol. The van der Waals surface area contributed by atoms with Crippen molar-refractivity contribution < 1.29 is 9.53 Å². The first-order chi connectivity index (χ1) is 7.25. The Labute approximate surface area is 91.9 Å². The van der Waals surface area contributed by atoms with E-state index in [0.717, 1.165) is 10.5 Å². The molecule has 1 aromatic carbocycles. The van der Waals surface area contributed by atoms with Crippen LogP contribution in [0.4, 0.5) is 0 Å². The van der Waals surface area contributed by atoms with Crippen molar-refractivity contribution in [2.75, 3.05) is 0 Å². The molecule has 2 rings (SSSR count). The van der Waals surface area contributed by atoms with Gasteiger partial charge in [-0.1, -0.05) is 18.2 Å². The summed E-state index contributed by atoms with van der Waals surface area (Å²) in [5.74, 6) is -0.330. The number of hydrogen-bond donors (Lipinski definition) is 0. The lowest BCUT2D eigenvalue weighted by Gasteiger charge is -2.05. The third kappa shape index (κ3) is 2.47. The number of thioether (sulfide) groups is 1. The van der Waals surface area contributed by atoms with Gasteiger partial charge in [-0.25, -0.2) is 0 Å². The zero-order chi connectivity index (χ0) is 10.7. The molecule has 15 heavy (non-hydrogen) atoms. The average Bonchev–Trinajstić information content (AvgIpc) is 2.38. The summed E-state index contributed by atoms with van der Waals surface area (Å²) in [5, 5.41) is 0.503. The van der Waals surface area contributed by atoms with Gasteiger partial charge in [-0.05, 0) is 17.8 Å². The lowest BCUT2D eigenvalue weighted by Crippen LogP contribution is -1.95. The molecular formula is C11H9NO2S. The van der Waals surface area contributed by atoms with Crippen LogP contribution in [0, 0.1) is 0 Å². The fourth-order valence-electron chi connectivity index (χ4n) is 1.18. The number of ether oxygens (including phenoxy) is 1. The van der Waals surface area contributed by atoms with Crippen LogP contribution in [0.3, 0.4) is 0 Å². The molecule has 4 heteroatoms. The van der Waals surface area contributed by atoms with Gasteiger partial charge in [0.1, 0.15) is 0 Å². The summed E-state index contributed by atoms with van der Waals surface area (Å²) in [6, 6.07) is 7.82. The van der Waals surface area contributed by atoms with Crippen LogP contribution < -0.4 is 0 Å². The number of hydrogen-bond acceptors (Lipinski definition) is 4. The topological polar surface area (TPSA) is 38.7 Å². The molecule has 1 aliphatic heterocycles. The van der Waals surface area contributed by atoms with E-state index < -0.39 is 0 Å². The molecule has 0 fully saturated rings. The van der Waals surface area contributed by atoms with Gasteiger partial charge in [-0.15, -0.1) is 0 Å². The van der Waals surface area contributed by atoms with Gasteiger partial charge >= 0.3 is 5.97 Å². The average molecular weight is 219 g/mol. The Bertz CT molecular complexity index is 452. The zero-order valence-electron chi connectivity index (χ0n) is 8.14. The van der Waals surface area contributed by atoms with E-state index in [1.165, 1.54) is 18.7 Å². The van der Waals surface area contributed by atoms with Crippen LogP contribution in [0.1, 0.15) is 12.5 Å². The maximum absolute atomic E-state index is 10.8. The highest BCUT2D eigenvalue weighted by Gasteiger charge is 2.10. The van der Waals surface area contributed by atoms with E-state index >= 15 is 0 Å². The van der Waals surface area contributed by atoms with Crippen molar-refractivity contribution in [1.29, 1.82) is 0 Å². The Morgan fingerprint density at radius 2 is 2.20 bits per heavy atom. The number of carbonyl (C=O) groups excluding carboxylic acids is 1. The molecule has 0 saturated carbocycles. The second kappa shape index (κ2) is 4.31. The molecule has 1 aliphatic rings. The summed E-state index contributed by atoms with van der Waals surface area (Å²) in [7, 11) is 0. The molecule has 0 atom stereocenters. The van der Waals surface area contributed by atoms with E-state index in [2.05, 4.69) is 4.99 Å². The molecule has 0 N–H and O–H groups in total. The van der Waals surface area contributed by atoms with Crippen LogP contribution >= 0.6 is 11.8 Å². The normalized spacial score (nSPS) is 13.8. The van der Waals surface area contributed by atoms with Gasteiger partial charge in [0.25, 0.3) is 0 Å². The Kier molecular flexibility index (Phi) is 2.87. The van der Waals surface area contributed by atoms with E-state index in [-0.39, 0.29) is 5.97 Å². The first-order valence-corrected chi connectivity index (χ1v) is 5.26. The van der Waals surface area contributed by atoms with E-state index in [1.807, 2.05) is 24.3 Å². The molecule has 0 aliphatic carbocycles. The van der Waals surface area contributed by atoms with E-state index in [9.17, 15) is 4.79 Å². The highest BCUT2D eigenvalue weighted by Crippen LogP contribution is 2.31. The predicted octanol–water partition coefficient (Wildman–Crippen LogP) is 2.57. The van der Waals surface area contributed by atoms with Crippen LogP contribution in [0.25, 0.3) is 0 Å². The third-order valence-electron chi connectivity index (χ3n) is 1.77. The lowest BCUT2D eigenvalue weighted by molar-refractivity contribution is -0.135. The molecule has 0 unspecified atom stereocenters. The minimum Gasteiger partial charge on any atom is -0.418 e. The summed E-state index contributed by atoms with van der Waals surface area (Å²) in [6.45, 7) is 1.38.